The highest BCUT2D eigenvalue weighted by molar-refractivity contribution is 5.95. The molecule has 0 saturated heterocycles. The van der Waals surface area contributed by atoms with Gasteiger partial charge in [-0.3, -0.25) is 14.9 Å². The number of hydrogen-bond donors (Lipinski definition) is 0. The molecule has 124 valence electrons. The lowest BCUT2D eigenvalue weighted by Crippen LogP contribution is -2.37. The number of Topliss-reactive ketones (excluding diaryl/α,β-unsaturated/α-hetero) is 1. The summed E-state index contributed by atoms with van der Waals surface area (Å²) in [6.45, 7) is 2.09. The van der Waals surface area contributed by atoms with E-state index >= 15 is 0 Å². The van der Waals surface area contributed by atoms with Crippen molar-refractivity contribution in [1.29, 1.82) is 0 Å². The number of nitro groups is 1. The van der Waals surface area contributed by atoms with Crippen molar-refractivity contribution in [1.82, 2.24) is 4.98 Å². The summed E-state index contributed by atoms with van der Waals surface area (Å²) in [5, 5.41) is 10.8. The van der Waals surface area contributed by atoms with Crippen LogP contribution in [0, 0.1) is 17.0 Å². The molecule has 0 N–H and O–H groups in total. The summed E-state index contributed by atoms with van der Waals surface area (Å²) in [4.78, 5) is 27.0. The highest BCUT2D eigenvalue weighted by Crippen LogP contribution is 2.16. The molecule has 0 fully saturated rings. The Bertz CT molecular complexity index is 937. The summed E-state index contributed by atoms with van der Waals surface area (Å²) in [5.41, 5.74) is 3.20. The maximum absolute atomic E-state index is 12.3. The normalized spacial score (nSPS) is 10.4. The van der Waals surface area contributed by atoms with Crippen molar-refractivity contribution < 1.29 is 14.3 Å². The molecule has 3 aromatic rings. The highest BCUT2D eigenvalue weighted by Gasteiger charge is 2.15. The Labute approximate surface area is 144 Å². The number of carbonyl (C=O) groups excluding carboxylic acids is 1. The number of hydrogen-bond acceptors (Lipinski definition) is 4. The average molecular weight is 334 g/mol. The Morgan fingerprint density at radius 1 is 1.16 bits per heavy atom. The van der Waals surface area contributed by atoms with E-state index in [1.807, 2.05) is 37.3 Å². The van der Waals surface area contributed by atoms with Crippen LogP contribution in [0.5, 0.6) is 0 Å². The fraction of sp³-hybridized carbons (Fsp3) is 0.105. The number of aromatic nitrogens is 2. The zero-order valence-electron chi connectivity index (χ0n) is 13.6. The van der Waals surface area contributed by atoms with Crippen molar-refractivity contribution in [2.24, 2.45) is 0 Å². The molecule has 0 saturated carbocycles. The summed E-state index contributed by atoms with van der Waals surface area (Å²) in [7, 11) is 0. The van der Waals surface area contributed by atoms with Gasteiger partial charge in [0, 0.05) is 29.3 Å². The van der Waals surface area contributed by atoms with Gasteiger partial charge in [0.15, 0.2) is 12.2 Å². The third-order valence-corrected chi connectivity index (χ3v) is 3.79. The standard InChI is InChI=1S/C19H16N3O3/c1-14-4-2-5-15(10-14)18-8-9-21(13-20-18)12-19(23)16-6-3-7-17(11-16)22(24)25/h2-11,13H,12H2,1H3/q+1. The Morgan fingerprint density at radius 2 is 1.96 bits per heavy atom. The van der Waals surface area contributed by atoms with E-state index in [0.717, 1.165) is 16.8 Å². The van der Waals surface area contributed by atoms with E-state index in [2.05, 4.69) is 4.98 Å². The van der Waals surface area contributed by atoms with E-state index in [1.165, 1.54) is 18.2 Å². The number of aryl methyl sites for hydroxylation is 1. The lowest BCUT2D eigenvalue weighted by molar-refractivity contribution is -0.686. The van der Waals surface area contributed by atoms with Gasteiger partial charge in [-0.15, -0.1) is 0 Å². The second-order valence-electron chi connectivity index (χ2n) is 5.72. The van der Waals surface area contributed by atoms with Gasteiger partial charge in [-0.25, -0.2) is 4.57 Å². The van der Waals surface area contributed by atoms with E-state index < -0.39 is 4.92 Å². The minimum Gasteiger partial charge on any atom is -0.290 e. The number of rotatable bonds is 5. The van der Waals surface area contributed by atoms with E-state index in [1.54, 1.807) is 23.2 Å². The second-order valence-corrected chi connectivity index (χ2v) is 5.72. The molecular weight excluding hydrogens is 318 g/mol. The summed E-state index contributed by atoms with van der Waals surface area (Å²) in [6, 6.07) is 15.6. The van der Waals surface area contributed by atoms with Crippen LogP contribution < -0.4 is 4.57 Å². The SMILES string of the molecule is Cc1cccc(-c2cc[n+](CC(=O)c3cccc([N+](=O)[O-])c3)cn2)c1. The molecule has 25 heavy (non-hydrogen) atoms. The molecule has 6 nitrogen and oxygen atoms in total. The highest BCUT2D eigenvalue weighted by atomic mass is 16.6. The van der Waals surface area contributed by atoms with Crippen LogP contribution in [0.1, 0.15) is 15.9 Å². The molecule has 0 amide bonds. The summed E-state index contributed by atoms with van der Waals surface area (Å²) in [5.74, 6) is -0.209. The number of nitrogens with zero attached hydrogens (tertiary/aromatic N) is 3. The number of non-ortho nitro benzene ring substituents is 1. The quantitative estimate of drug-likeness (QED) is 0.311. The first-order chi connectivity index (χ1) is 12.0. The first kappa shape index (κ1) is 16.4. The molecule has 6 heteroatoms. The van der Waals surface area contributed by atoms with Crippen molar-refractivity contribution in [2.45, 2.75) is 13.5 Å². The van der Waals surface area contributed by atoms with Crippen LogP contribution in [0.25, 0.3) is 11.3 Å². The number of carbonyl (C=O) groups is 1. The van der Waals surface area contributed by atoms with Gasteiger partial charge in [0.2, 0.25) is 5.78 Å². The summed E-state index contributed by atoms with van der Waals surface area (Å²) < 4.78 is 1.65. The molecule has 0 aliphatic carbocycles. The van der Waals surface area contributed by atoms with E-state index in [-0.39, 0.29) is 18.0 Å². The third kappa shape index (κ3) is 3.92. The van der Waals surface area contributed by atoms with Gasteiger partial charge >= 0.3 is 0 Å². The first-order valence-electron chi connectivity index (χ1n) is 7.73. The molecule has 0 aliphatic rings. The van der Waals surface area contributed by atoms with Crippen molar-refractivity contribution in [3.05, 3.63) is 88.4 Å². The molecule has 0 bridgehead atoms. The van der Waals surface area contributed by atoms with Gasteiger partial charge in [-0.05, 0) is 18.0 Å². The van der Waals surface area contributed by atoms with Gasteiger partial charge in [0.1, 0.15) is 0 Å². The number of ketones is 1. The Morgan fingerprint density at radius 3 is 2.64 bits per heavy atom. The maximum Gasteiger partial charge on any atom is 0.287 e. The van der Waals surface area contributed by atoms with Gasteiger partial charge < -0.3 is 0 Å². The molecule has 2 aromatic carbocycles. The van der Waals surface area contributed by atoms with Crippen LogP contribution >= 0.6 is 0 Å². The third-order valence-electron chi connectivity index (χ3n) is 3.79. The molecule has 3 rings (SSSR count). The van der Waals surface area contributed by atoms with Crippen LogP contribution in [0.4, 0.5) is 5.69 Å². The summed E-state index contributed by atoms with van der Waals surface area (Å²) >= 11 is 0. The van der Waals surface area contributed by atoms with Crippen LogP contribution in [0.2, 0.25) is 0 Å². The van der Waals surface area contributed by atoms with Gasteiger partial charge in [0.05, 0.1) is 11.1 Å². The minimum absolute atomic E-state index is 0.0717. The van der Waals surface area contributed by atoms with Crippen molar-refractivity contribution in [3.63, 3.8) is 0 Å². The summed E-state index contributed by atoms with van der Waals surface area (Å²) in [6.07, 6.45) is 3.37. The van der Waals surface area contributed by atoms with Gasteiger partial charge in [-0.1, -0.05) is 35.9 Å². The fourth-order valence-corrected chi connectivity index (χ4v) is 2.50. The molecule has 0 aliphatic heterocycles. The molecule has 0 unspecified atom stereocenters. The van der Waals surface area contributed by atoms with E-state index in [4.69, 9.17) is 0 Å². The zero-order chi connectivity index (χ0) is 17.8. The fourth-order valence-electron chi connectivity index (χ4n) is 2.50. The predicted molar refractivity (Wildman–Crippen MR) is 92.0 cm³/mol. The van der Waals surface area contributed by atoms with Crippen LogP contribution in [-0.4, -0.2) is 15.7 Å². The monoisotopic (exact) mass is 334 g/mol. The minimum atomic E-state index is -0.512. The predicted octanol–water partition coefficient (Wildman–Crippen LogP) is 3.14. The topological polar surface area (TPSA) is 77.0 Å². The van der Waals surface area contributed by atoms with E-state index in [0.29, 0.717) is 5.56 Å². The molecule has 0 spiro atoms. The van der Waals surface area contributed by atoms with Crippen molar-refractivity contribution in [2.75, 3.05) is 0 Å². The van der Waals surface area contributed by atoms with Crippen LogP contribution in [-0.2, 0) is 6.54 Å². The van der Waals surface area contributed by atoms with Gasteiger partial charge in [0.25, 0.3) is 12.0 Å². The second kappa shape index (κ2) is 7.00. The largest absolute Gasteiger partial charge is 0.290 e. The number of nitro benzene ring substituents is 1. The first-order valence-corrected chi connectivity index (χ1v) is 7.73. The van der Waals surface area contributed by atoms with E-state index in [9.17, 15) is 14.9 Å². The smallest absolute Gasteiger partial charge is 0.287 e. The lowest BCUT2D eigenvalue weighted by Gasteiger charge is -2.01. The molecule has 1 heterocycles. The Balaban J connectivity index is 1.76. The number of benzene rings is 2. The van der Waals surface area contributed by atoms with Crippen molar-refractivity contribution >= 4 is 11.5 Å². The Hall–Kier alpha value is -3.41. The van der Waals surface area contributed by atoms with Crippen LogP contribution in [0.15, 0.2) is 67.1 Å². The zero-order valence-corrected chi connectivity index (χ0v) is 13.6. The van der Waals surface area contributed by atoms with Crippen molar-refractivity contribution in [3.8, 4) is 11.3 Å². The van der Waals surface area contributed by atoms with Crippen LogP contribution in [0.3, 0.4) is 0 Å². The average Bonchev–Trinajstić information content (AvgIpc) is 2.62. The molecule has 1 aromatic heterocycles. The molecule has 0 radical (unpaired) electrons. The lowest BCUT2D eigenvalue weighted by atomic mass is 10.1. The van der Waals surface area contributed by atoms with Gasteiger partial charge in [-0.2, -0.15) is 0 Å². The Kier molecular flexibility index (Phi) is 4.61. The molecule has 0 atom stereocenters. The maximum atomic E-state index is 12.3. The molecular formula is C19H16N3O3+.